The van der Waals surface area contributed by atoms with Gasteiger partial charge in [-0.1, -0.05) is 19.4 Å². The number of Topliss-reactive ketones (excluding diaryl/α,β-unsaturated/α-hetero) is 1. The number of amides is 1. The van der Waals surface area contributed by atoms with Gasteiger partial charge in [-0.2, -0.15) is 0 Å². The van der Waals surface area contributed by atoms with Gasteiger partial charge in [-0.3, -0.25) is 9.69 Å². The molecule has 0 radical (unpaired) electrons. The quantitative estimate of drug-likeness (QED) is 0.358. The predicted octanol–water partition coefficient (Wildman–Crippen LogP) is 4.97. The van der Waals surface area contributed by atoms with Crippen molar-refractivity contribution in [2.45, 2.75) is 90.6 Å². The number of hydrogen-bond acceptors (Lipinski definition) is 5. The van der Waals surface area contributed by atoms with E-state index >= 15 is 0 Å². The first kappa shape index (κ1) is 27.2. The summed E-state index contributed by atoms with van der Waals surface area (Å²) in [5.74, 6) is 2.01. The van der Waals surface area contributed by atoms with E-state index in [9.17, 15) is 9.59 Å². The summed E-state index contributed by atoms with van der Waals surface area (Å²) in [4.78, 5) is 27.9. The van der Waals surface area contributed by atoms with Crippen molar-refractivity contribution in [2.75, 3.05) is 20.8 Å². The van der Waals surface area contributed by atoms with E-state index in [1.165, 1.54) is 0 Å². The van der Waals surface area contributed by atoms with Crippen molar-refractivity contribution in [1.82, 2.24) is 4.90 Å². The third-order valence-corrected chi connectivity index (χ3v) is 6.21. The first-order valence-electron chi connectivity index (χ1n) is 11.2. The van der Waals surface area contributed by atoms with E-state index in [2.05, 4.69) is 12.8 Å². The summed E-state index contributed by atoms with van der Waals surface area (Å²) >= 11 is 0. The fourth-order valence-corrected chi connectivity index (χ4v) is 4.79. The van der Waals surface area contributed by atoms with Crippen molar-refractivity contribution in [3.8, 4) is 12.3 Å². The highest BCUT2D eigenvalue weighted by atomic mass is 16.6. The van der Waals surface area contributed by atoms with E-state index in [1.807, 2.05) is 46.8 Å². The monoisotopic (exact) mass is 435 g/mol. The van der Waals surface area contributed by atoms with Crippen molar-refractivity contribution in [3.05, 3.63) is 12.2 Å². The molecular formula is C25H41NO5. The Labute approximate surface area is 188 Å². The zero-order chi connectivity index (χ0) is 23.9. The molecule has 0 aromatic carbocycles. The van der Waals surface area contributed by atoms with Crippen LogP contribution in [0.25, 0.3) is 0 Å². The van der Waals surface area contributed by atoms with Gasteiger partial charge in [0.2, 0.25) is 0 Å². The van der Waals surface area contributed by atoms with Crippen LogP contribution in [0.1, 0.15) is 73.6 Å². The van der Waals surface area contributed by atoms with Gasteiger partial charge in [-0.25, -0.2) is 4.79 Å². The number of carbonyl (C=O) groups excluding carboxylic acids is 2. The van der Waals surface area contributed by atoms with Crippen molar-refractivity contribution < 1.29 is 23.8 Å². The molecule has 1 aliphatic heterocycles. The van der Waals surface area contributed by atoms with E-state index in [4.69, 9.17) is 20.6 Å². The van der Waals surface area contributed by atoms with Gasteiger partial charge in [-0.15, -0.1) is 12.3 Å². The Hall–Kier alpha value is -1.84. The lowest BCUT2D eigenvalue weighted by atomic mass is 9.69. The highest BCUT2D eigenvalue weighted by Gasteiger charge is 2.60. The average Bonchev–Trinajstić information content (AvgIpc) is 3.08. The summed E-state index contributed by atoms with van der Waals surface area (Å²) in [6, 6.07) is 0. The number of likely N-dealkylation sites (tertiary alicyclic amines) is 1. The summed E-state index contributed by atoms with van der Waals surface area (Å²) < 4.78 is 17.8. The Kier molecular flexibility index (Phi) is 9.78. The number of nitrogens with zero attached hydrogens (tertiary/aromatic N) is 1. The minimum atomic E-state index is -1.08. The number of ether oxygens (including phenoxy) is 3. The zero-order valence-corrected chi connectivity index (χ0v) is 20.6. The third-order valence-electron chi connectivity index (χ3n) is 6.21. The summed E-state index contributed by atoms with van der Waals surface area (Å²) in [5, 5.41) is 0. The Balaban J connectivity index is 3.49. The van der Waals surface area contributed by atoms with Crippen LogP contribution in [0.2, 0.25) is 0 Å². The maximum Gasteiger partial charge on any atom is 0.412 e. The second-order valence-electron chi connectivity index (χ2n) is 9.33. The Morgan fingerprint density at radius 1 is 1.29 bits per heavy atom. The summed E-state index contributed by atoms with van der Waals surface area (Å²) in [5.41, 5.74) is -2.57. The zero-order valence-electron chi connectivity index (χ0n) is 20.6. The van der Waals surface area contributed by atoms with E-state index in [0.29, 0.717) is 32.2 Å². The minimum Gasteiger partial charge on any atom is -0.444 e. The molecule has 1 heterocycles. The SMILES string of the molecule is C#CCCC(=O)[C@@H](CCC)[C@](C)(OC)[C@@H]1CCN(C(=O)OC(C)(C)C)[C@]1(/C=C\C)OC. The van der Waals surface area contributed by atoms with Crippen LogP contribution in [0, 0.1) is 24.2 Å². The molecule has 1 saturated heterocycles. The lowest BCUT2D eigenvalue weighted by Gasteiger charge is -2.48. The third kappa shape index (κ3) is 5.90. The number of allylic oxidation sites excluding steroid dienone is 1. The van der Waals surface area contributed by atoms with Gasteiger partial charge in [0, 0.05) is 45.4 Å². The molecule has 0 bridgehead atoms. The van der Waals surface area contributed by atoms with Crippen molar-refractivity contribution >= 4 is 11.9 Å². The van der Waals surface area contributed by atoms with Crippen molar-refractivity contribution in [2.24, 2.45) is 11.8 Å². The fourth-order valence-electron chi connectivity index (χ4n) is 4.79. The summed E-state index contributed by atoms with van der Waals surface area (Å²) in [6.45, 7) is 11.8. The van der Waals surface area contributed by atoms with Crippen molar-refractivity contribution in [3.63, 3.8) is 0 Å². The molecule has 1 fully saturated rings. The summed E-state index contributed by atoms with van der Waals surface area (Å²) in [7, 11) is 3.21. The van der Waals surface area contributed by atoms with Crippen LogP contribution >= 0.6 is 0 Å². The second-order valence-corrected chi connectivity index (χ2v) is 9.33. The van der Waals surface area contributed by atoms with Gasteiger partial charge < -0.3 is 14.2 Å². The number of carbonyl (C=O) groups is 2. The maximum atomic E-state index is 13.2. The highest BCUT2D eigenvalue weighted by molar-refractivity contribution is 5.82. The Morgan fingerprint density at radius 2 is 1.94 bits per heavy atom. The van der Waals surface area contributed by atoms with Crippen LogP contribution in [-0.4, -0.2) is 54.5 Å². The molecule has 0 aromatic heterocycles. The second kappa shape index (κ2) is 11.2. The van der Waals surface area contributed by atoms with Gasteiger partial charge in [0.1, 0.15) is 11.4 Å². The van der Waals surface area contributed by atoms with Gasteiger partial charge in [-0.05, 0) is 53.5 Å². The topological polar surface area (TPSA) is 65.1 Å². The van der Waals surface area contributed by atoms with Gasteiger partial charge in [0.15, 0.2) is 5.72 Å². The molecule has 0 N–H and O–H groups in total. The molecule has 1 aliphatic rings. The average molecular weight is 436 g/mol. The predicted molar refractivity (Wildman–Crippen MR) is 122 cm³/mol. The molecule has 0 aromatic rings. The Morgan fingerprint density at radius 3 is 2.39 bits per heavy atom. The molecular weight excluding hydrogens is 394 g/mol. The van der Waals surface area contributed by atoms with E-state index in [0.717, 1.165) is 6.42 Å². The summed E-state index contributed by atoms with van der Waals surface area (Å²) in [6.07, 6.45) is 11.5. The van der Waals surface area contributed by atoms with Crippen LogP contribution in [0.4, 0.5) is 4.79 Å². The van der Waals surface area contributed by atoms with E-state index in [-0.39, 0.29) is 17.6 Å². The van der Waals surface area contributed by atoms with E-state index < -0.39 is 23.0 Å². The fraction of sp³-hybridized carbons (Fsp3) is 0.760. The van der Waals surface area contributed by atoms with Gasteiger partial charge >= 0.3 is 6.09 Å². The lowest BCUT2D eigenvalue weighted by molar-refractivity contribution is -0.180. The van der Waals surface area contributed by atoms with Crippen molar-refractivity contribution in [1.29, 1.82) is 0 Å². The van der Waals surface area contributed by atoms with Gasteiger partial charge in [0.25, 0.3) is 0 Å². The number of rotatable bonds is 10. The number of methoxy groups -OCH3 is 2. The molecule has 6 nitrogen and oxygen atoms in total. The molecule has 176 valence electrons. The van der Waals surface area contributed by atoms with Crippen LogP contribution in [0.5, 0.6) is 0 Å². The minimum absolute atomic E-state index is 0.0883. The van der Waals surface area contributed by atoms with Crippen LogP contribution < -0.4 is 0 Å². The van der Waals surface area contributed by atoms with Crippen LogP contribution in [-0.2, 0) is 19.0 Å². The maximum absolute atomic E-state index is 13.2. The molecule has 4 atom stereocenters. The molecule has 31 heavy (non-hydrogen) atoms. The lowest BCUT2D eigenvalue weighted by Crippen LogP contribution is -2.60. The first-order valence-corrected chi connectivity index (χ1v) is 11.2. The van der Waals surface area contributed by atoms with E-state index in [1.54, 1.807) is 19.1 Å². The van der Waals surface area contributed by atoms with Gasteiger partial charge in [0.05, 0.1) is 5.60 Å². The van der Waals surface area contributed by atoms with Crippen LogP contribution in [0.3, 0.4) is 0 Å². The molecule has 1 amide bonds. The normalized spacial score (nSPS) is 24.6. The smallest absolute Gasteiger partial charge is 0.412 e. The Bertz CT molecular complexity index is 689. The largest absolute Gasteiger partial charge is 0.444 e. The number of hydrogen-bond donors (Lipinski definition) is 0. The highest BCUT2D eigenvalue weighted by Crippen LogP contribution is 2.49. The first-order chi connectivity index (χ1) is 14.5. The molecule has 0 spiro atoms. The molecule has 0 unspecified atom stereocenters. The standard InChI is InChI=1S/C25H41NO5/c1-10-13-15-20(27)19(14-11-2)24(7,29-8)21-16-18-26(22(28)31-23(4,5)6)25(21,30-9)17-12-3/h1,12,17,19,21H,11,13-16,18H2,2-9H3/b17-12-/t19-,21+,24+,25-/m1/s1. The van der Waals surface area contributed by atoms with Crippen LogP contribution in [0.15, 0.2) is 12.2 Å². The molecule has 6 heteroatoms. The number of terminal acetylenes is 1. The molecule has 0 aliphatic carbocycles. The molecule has 0 saturated carbocycles. The number of ketones is 1. The molecule has 1 rings (SSSR count).